The van der Waals surface area contributed by atoms with Crippen LogP contribution in [0, 0.1) is 6.92 Å². The van der Waals surface area contributed by atoms with Crippen molar-refractivity contribution in [3.8, 4) is 0 Å². The minimum absolute atomic E-state index is 0.0628. The normalized spacial score (nSPS) is 11.3. The summed E-state index contributed by atoms with van der Waals surface area (Å²) in [6, 6.07) is 9.59. The monoisotopic (exact) mass is 374 g/mol. The van der Waals surface area contributed by atoms with Crippen LogP contribution in [0.4, 0.5) is 11.4 Å². The highest BCUT2D eigenvalue weighted by atomic mass is 79.9. The Morgan fingerprint density at radius 2 is 1.90 bits per heavy atom. The third-order valence-corrected chi connectivity index (χ3v) is 5.04. The van der Waals surface area contributed by atoms with Crippen LogP contribution in [0.5, 0.6) is 0 Å². The first-order valence-electron chi connectivity index (χ1n) is 5.63. The van der Waals surface area contributed by atoms with Crippen molar-refractivity contribution in [1.29, 1.82) is 0 Å². The molecule has 0 saturated carbocycles. The fraction of sp³-hybridized carbons (Fsp3) is 0.0769. The van der Waals surface area contributed by atoms with E-state index in [0.29, 0.717) is 15.2 Å². The van der Waals surface area contributed by atoms with Crippen molar-refractivity contribution in [3.63, 3.8) is 0 Å². The van der Waals surface area contributed by atoms with Gasteiger partial charge in [-0.15, -0.1) is 0 Å². The molecule has 0 spiro atoms. The molecule has 0 saturated heterocycles. The van der Waals surface area contributed by atoms with E-state index in [0.717, 1.165) is 5.56 Å². The molecule has 3 N–H and O–H groups in total. The predicted octanol–water partition coefficient (Wildman–Crippen LogP) is 3.79. The number of nitrogens with one attached hydrogen (secondary N) is 1. The Balaban J connectivity index is 2.40. The summed E-state index contributed by atoms with van der Waals surface area (Å²) in [7, 11) is -3.71. The predicted molar refractivity (Wildman–Crippen MR) is 85.6 cm³/mol. The fourth-order valence-electron chi connectivity index (χ4n) is 1.61. The number of nitrogen functional groups attached to an aromatic ring is 1. The molecule has 2 aromatic rings. The molecule has 0 bridgehead atoms. The standard InChI is InChI=1S/C13H12BrClN2O2S/c1-8-2-4-10(14)13(6-8)17-20(18,19)9-3-5-11(15)12(16)7-9/h2-7,17H,16H2,1H3. The Bertz CT molecular complexity index is 763. The van der Waals surface area contributed by atoms with Crippen LogP contribution in [0.3, 0.4) is 0 Å². The molecule has 0 amide bonds. The van der Waals surface area contributed by atoms with Crippen molar-refractivity contribution in [2.45, 2.75) is 11.8 Å². The molecule has 106 valence electrons. The first-order valence-corrected chi connectivity index (χ1v) is 8.29. The maximum atomic E-state index is 12.3. The molecule has 0 radical (unpaired) electrons. The maximum absolute atomic E-state index is 12.3. The number of aryl methyl sites for hydroxylation is 1. The summed E-state index contributed by atoms with van der Waals surface area (Å²) in [4.78, 5) is 0.0628. The number of halogens is 2. The molecule has 0 heterocycles. The van der Waals surface area contributed by atoms with Gasteiger partial charge in [-0.1, -0.05) is 17.7 Å². The van der Waals surface area contributed by atoms with E-state index >= 15 is 0 Å². The Hall–Kier alpha value is -1.24. The summed E-state index contributed by atoms with van der Waals surface area (Å²) in [5, 5.41) is 0.320. The lowest BCUT2D eigenvalue weighted by Gasteiger charge is -2.11. The highest BCUT2D eigenvalue weighted by Gasteiger charge is 2.16. The molecule has 0 fully saturated rings. The largest absolute Gasteiger partial charge is 0.397 e. The third-order valence-electron chi connectivity index (χ3n) is 2.64. The first kappa shape index (κ1) is 15.2. The summed E-state index contributed by atoms with van der Waals surface area (Å²) in [6.07, 6.45) is 0. The van der Waals surface area contributed by atoms with Gasteiger partial charge in [-0.25, -0.2) is 8.42 Å². The zero-order chi connectivity index (χ0) is 14.9. The number of anilines is 2. The Morgan fingerprint density at radius 3 is 2.55 bits per heavy atom. The van der Waals surface area contributed by atoms with E-state index < -0.39 is 10.0 Å². The lowest BCUT2D eigenvalue weighted by Crippen LogP contribution is -2.13. The van der Waals surface area contributed by atoms with Gasteiger partial charge >= 0.3 is 0 Å². The number of benzene rings is 2. The Kier molecular flexibility index (Phi) is 4.27. The van der Waals surface area contributed by atoms with E-state index in [2.05, 4.69) is 20.7 Å². The Morgan fingerprint density at radius 1 is 1.20 bits per heavy atom. The molecule has 0 aliphatic rings. The molecular weight excluding hydrogens is 364 g/mol. The van der Waals surface area contributed by atoms with Crippen molar-refractivity contribution < 1.29 is 8.42 Å². The summed E-state index contributed by atoms with van der Waals surface area (Å²) in [5.74, 6) is 0. The van der Waals surface area contributed by atoms with Crippen LogP contribution >= 0.6 is 27.5 Å². The van der Waals surface area contributed by atoms with Gasteiger partial charge in [-0.05, 0) is 58.7 Å². The molecule has 7 heteroatoms. The second-order valence-electron chi connectivity index (χ2n) is 4.27. The van der Waals surface area contributed by atoms with E-state index in [1.165, 1.54) is 18.2 Å². The average Bonchev–Trinajstić information content (AvgIpc) is 2.36. The van der Waals surface area contributed by atoms with Crippen molar-refractivity contribution in [2.24, 2.45) is 0 Å². The van der Waals surface area contributed by atoms with Gasteiger partial charge in [-0.3, -0.25) is 4.72 Å². The molecule has 0 atom stereocenters. The summed E-state index contributed by atoms with van der Waals surface area (Å²) >= 11 is 9.10. The number of nitrogens with two attached hydrogens (primary N) is 1. The second-order valence-corrected chi connectivity index (χ2v) is 7.22. The summed E-state index contributed by atoms with van der Waals surface area (Å²) in [5.41, 5.74) is 7.27. The molecule has 2 aromatic carbocycles. The van der Waals surface area contributed by atoms with Gasteiger partial charge in [0.2, 0.25) is 0 Å². The van der Waals surface area contributed by atoms with Crippen molar-refractivity contribution in [1.82, 2.24) is 0 Å². The van der Waals surface area contributed by atoms with Gasteiger partial charge in [-0.2, -0.15) is 0 Å². The molecule has 0 unspecified atom stereocenters. The third kappa shape index (κ3) is 3.26. The average molecular weight is 376 g/mol. The maximum Gasteiger partial charge on any atom is 0.262 e. The molecule has 0 aliphatic heterocycles. The van der Waals surface area contributed by atoms with Crippen LogP contribution in [-0.2, 0) is 10.0 Å². The van der Waals surface area contributed by atoms with E-state index in [9.17, 15) is 8.42 Å². The number of rotatable bonds is 3. The molecule has 2 rings (SSSR count). The van der Waals surface area contributed by atoms with Gasteiger partial charge in [0.15, 0.2) is 0 Å². The molecule has 0 aliphatic carbocycles. The minimum Gasteiger partial charge on any atom is -0.397 e. The topological polar surface area (TPSA) is 72.2 Å². The first-order chi connectivity index (χ1) is 9.29. The van der Waals surface area contributed by atoms with Gasteiger partial charge in [0, 0.05) is 4.47 Å². The summed E-state index contributed by atoms with van der Waals surface area (Å²) in [6.45, 7) is 1.88. The van der Waals surface area contributed by atoms with E-state index in [4.69, 9.17) is 17.3 Å². The van der Waals surface area contributed by atoms with Gasteiger partial charge in [0.05, 0.1) is 21.3 Å². The van der Waals surface area contributed by atoms with E-state index in [-0.39, 0.29) is 10.6 Å². The summed E-state index contributed by atoms with van der Waals surface area (Å²) < 4.78 is 27.8. The zero-order valence-corrected chi connectivity index (χ0v) is 13.7. The molecule has 4 nitrogen and oxygen atoms in total. The van der Waals surface area contributed by atoms with Crippen LogP contribution in [0.2, 0.25) is 5.02 Å². The second kappa shape index (κ2) is 5.63. The lowest BCUT2D eigenvalue weighted by molar-refractivity contribution is 0.601. The van der Waals surface area contributed by atoms with Crippen LogP contribution in [0.15, 0.2) is 45.8 Å². The van der Waals surface area contributed by atoms with Crippen molar-refractivity contribution in [2.75, 3.05) is 10.5 Å². The highest BCUT2D eigenvalue weighted by molar-refractivity contribution is 9.10. The zero-order valence-electron chi connectivity index (χ0n) is 10.5. The quantitative estimate of drug-likeness (QED) is 0.802. The number of hydrogen-bond acceptors (Lipinski definition) is 3. The van der Waals surface area contributed by atoms with Crippen LogP contribution in [0.1, 0.15) is 5.56 Å². The number of sulfonamides is 1. The lowest BCUT2D eigenvalue weighted by atomic mass is 10.2. The van der Waals surface area contributed by atoms with Crippen LogP contribution in [0.25, 0.3) is 0 Å². The Labute approximate surface area is 131 Å². The smallest absolute Gasteiger partial charge is 0.262 e. The van der Waals surface area contributed by atoms with Crippen LogP contribution < -0.4 is 10.5 Å². The molecule has 20 heavy (non-hydrogen) atoms. The highest BCUT2D eigenvalue weighted by Crippen LogP contribution is 2.28. The van der Waals surface area contributed by atoms with E-state index in [1.807, 2.05) is 13.0 Å². The van der Waals surface area contributed by atoms with E-state index in [1.54, 1.807) is 12.1 Å². The minimum atomic E-state index is -3.71. The number of hydrogen-bond donors (Lipinski definition) is 2. The van der Waals surface area contributed by atoms with Crippen LogP contribution in [-0.4, -0.2) is 8.42 Å². The van der Waals surface area contributed by atoms with Gasteiger partial charge in [0.1, 0.15) is 0 Å². The van der Waals surface area contributed by atoms with Gasteiger partial charge in [0.25, 0.3) is 10.0 Å². The fourth-order valence-corrected chi connectivity index (χ4v) is 3.31. The van der Waals surface area contributed by atoms with Crippen molar-refractivity contribution in [3.05, 3.63) is 51.5 Å². The van der Waals surface area contributed by atoms with Gasteiger partial charge < -0.3 is 5.73 Å². The van der Waals surface area contributed by atoms with Crippen molar-refractivity contribution >= 4 is 48.9 Å². The SMILES string of the molecule is Cc1ccc(Br)c(NS(=O)(=O)c2ccc(Cl)c(N)c2)c1. The molecular formula is C13H12BrClN2O2S. The molecule has 0 aromatic heterocycles.